The molecule has 0 radical (unpaired) electrons. The molecule has 1 aromatic carbocycles. The Bertz CT molecular complexity index is 696. The number of Topliss-reactive ketones (excluding diaryl/α,β-unsaturated/α-hetero) is 1. The quantitative estimate of drug-likeness (QED) is 0.836. The Morgan fingerprint density at radius 3 is 2.77 bits per heavy atom. The highest BCUT2D eigenvalue weighted by molar-refractivity contribution is 6.00. The van der Waals surface area contributed by atoms with Gasteiger partial charge in [0.15, 0.2) is 5.78 Å². The summed E-state index contributed by atoms with van der Waals surface area (Å²) in [6, 6.07) is 7.45. The lowest BCUT2D eigenvalue weighted by Crippen LogP contribution is -2.45. The molecule has 0 aromatic heterocycles. The van der Waals surface area contributed by atoms with Crippen LogP contribution in [0.1, 0.15) is 49.4 Å². The summed E-state index contributed by atoms with van der Waals surface area (Å²) in [7, 11) is 0. The Kier molecular flexibility index (Phi) is 4.74. The van der Waals surface area contributed by atoms with Crippen molar-refractivity contribution < 1.29 is 14.3 Å². The fourth-order valence-electron chi connectivity index (χ4n) is 4.61. The van der Waals surface area contributed by atoms with Crippen molar-refractivity contribution in [3.05, 3.63) is 29.8 Å². The fraction of sp³-hybridized carbons (Fsp3) is 0.619. The van der Waals surface area contributed by atoms with Crippen molar-refractivity contribution in [1.29, 1.82) is 0 Å². The molecule has 3 heterocycles. The molecule has 2 fully saturated rings. The second-order valence-electron chi connectivity index (χ2n) is 8.03. The average Bonchev–Trinajstić information content (AvgIpc) is 3.05. The van der Waals surface area contributed by atoms with Crippen LogP contribution in [0.4, 0.5) is 0 Å². The van der Waals surface area contributed by atoms with Gasteiger partial charge in [-0.2, -0.15) is 0 Å². The molecule has 0 N–H and O–H groups in total. The summed E-state index contributed by atoms with van der Waals surface area (Å²) >= 11 is 0. The number of piperidine rings is 1. The zero-order valence-corrected chi connectivity index (χ0v) is 15.6. The molecule has 0 unspecified atom stereocenters. The van der Waals surface area contributed by atoms with Crippen molar-refractivity contribution in [1.82, 2.24) is 9.80 Å². The second kappa shape index (κ2) is 7.03. The van der Waals surface area contributed by atoms with E-state index in [-0.39, 0.29) is 11.7 Å². The van der Waals surface area contributed by atoms with Gasteiger partial charge in [0.05, 0.1) is 18.5 Å². The highest BCUT2D eigenvalue weighted by Gasteiger charge is 2.47. The Morgan fingerprint density at radius 1 is 1.23 bits per heavy atom. The van der Waals surface area contributed by atoms with E-state index in [1.165, 1.54) is 0 Å². The van der Waals surface area contributed by atoms with E-state index in [4.69, 9.17) is 4.74 Å². The zero-order chi connectivity index (χ0) is 18.1. The van der Waals surface area contributed by atoms with Crippen molar-refractivity contribution in [3.8, 4) is 5.75 Å². The van der Waals surface area contributed by atoms with E-state index in [9.17, 15) is 9.59 Å². The first-order valence-electron chi connectivity index (χ1n) is 9.90. The van der Waals surface area contributed by atoms with Crippen LogP contribution in [0.5, 0.6) is 5.75 Å². The van der Waals surface area contributed by atoms with E-state index in [1.807, 2.05) is 29.2 Å². The molecule has 1 atom stereocenters. The van der Waals surface area contributed by atoms with Crippen molar-refractivity contribution in [2.75, 3.05) is 32.7 Å². The standard InChI is InChI=1S/C21H28N2O3/c1-2-22-10-7-16(8-11-22)13-20(25)23-12-9-21(15-23)14-18(24)17-5-3-4-6-19(17)26-21/h3-6,16H,2,7-15H2,1H3/t21-/m1/s1. The number of amides is 1. The SMILES string of the molecule is CCN1CCC(CC(=O)N2CC[C@@]3(CC(=O)c4ccccc4O3)C2)CC1. The molecule has 2 saturated heterocycles. The third kappa shape index (κ3) is 3.37. The molecule has 0 bridgehead atoms. The van der Waals surface area contributed by atoms with Crippen LogP contribution < -0.4 is 4.74 Å². The van der Waals surface area contributed by atoms with Crippen molar-refractivity contribution in [3.63, 3.8) is 0 Å². The number of para-hydroxylation sites is 1. The number of carbonyl (C=O) groups is 2. The molecule has 3 aliphatic rings. The molecule has 140 valence electrons. The molecule has 26 heavy (non-hydrogen) atoms. The summed E-state index contributed by atoms with van der Waals surface area (Å²) in [6.07, 6.45) is 3.98. The predicted molar refractivity (Wildman–Crippen MR) is 99.4 cm³/mol. The molecule has 3 aliphatic heterocycles. The van der Waals surface area contributed by atoms with Gasteiger partial charge < -0.3 is 14.5 Å². The molecule has 1 aromatic rings. The van der Waals surface area contributed by atoms with Gasteiger partial charge >= 0.3 is 0 Å². The lowest BCUT2D eigenvalue weighted by Gasteiger charge is -2.35. The first-order chi connectivity index (χ1) is 12.6. The third-order valence-electron chi connectivity index (χ3n) is 6.28. The number of ketones is 1. The highest BCUT2D eigenvalue weighted by Crippen LogP contribution is 2.39. The summed E-state index contributed by atoms with van der Waals surface area (Å²) in [4.78, 5) is 29.7. The Morgan fingerprint density at radius 2 is 2.00 bits per heavy atom. The zero-order valence-electron chi connectivity index (χ0n) is 15.6. The summed E-state index contributed by atoms with van der Waals surface area (Å²) < 4.78 is 6.23. The monoisotopic (exact) mass is 356 g/mol. The Balaban J connectivity index is 1.37. The normalized spacial score (nSPS) is 26.8. The van der Waals surface area contributed by atoms with Gasteiger partial charge in [0.25, 0.3) is 0 Å². The number of carbonyl (C=O) groups excluding carboxylic acids is 2. The minimum absolute atomic E-state index is 0.132. The van der Waals surface area contributed by atoms with Crippen LogP contribution in [-0.2, 0) is 4.79 Å². The maximum Gasteiger partial charge on any atom is 0.222 e. The van der Waals surface area contributed by atoms with Crippen LogP contribution in [0.25, 0.3) is 0 Å². The fourth-order valence-corrected chi connectivity index (χ4v) is 4.61. The smallest absolute Gasteiger partial charge is 0.222 e. The first-order valence-corrected chi connectivity index (χ1v) is 9.90. The van der Waals surface area contributed by atoms with E-state index in [2.05, 4.69) is 11.8 Å². The Labute approximate surface area is 155 Å². The number of nitrogens with zero attached hydrogens (tertiary/aromatic N) is 2. The van der Waals surface area contributed by atoms with Gasteiger partial charge in [-0.3, -0.25) is 9.59 Å². The lowest BCUT2D eigenvalue weighted by atomic mass is 9.89. The van der Waals surface area contributed by atoms with Crippen molar-refractivity contribution in [2.24, 2.45) is 5.92 Å². The molecule has 1 spiro atoms. The molecule has 1 amide bonds. The summed E-state index contributed by atoms with van der Waals surface area (Å²) in [6.45, 7) is 6.74. The Hall–Kier alpha value is -1.88. The van der Waals surface area contributed by atoms with Gasteiger partial charge in [-0.05, 0) is 50.5 Å². The molecule has 0 aliphatic carbocycles. The van der Waals surface area contributed by atoms with E-state index in [1.54, 1.807) is 0 Å². The third-order valence-corrected chi connectivity index (χ3v) is 6.28. The van der Waals surface area contributed by atoms with E-state index in [0.29, 0.717) is 43.2 Å². The van der Waals surface area contributed by atoms with Crippen molar-refractivity contribution in [2.45, 2.75) is 44.6 Å². The number of benzene rings is 1. The maximum atomic E-state index is 12.8. The minimum Gasteiger partial charge on any atom is -0.484 e. The van der Waals surface area contributed by atoms with Crippen LogP contribution >= 0.6 is 0 Å². The molecular weight excluding hydrogens is 328 g/mol. The molecule has 5 nitrogen and oxygen atoms in total. The van der Waals surface area contributed by atoms with Gasteiger partial charge in [-0.25, -0.2) is 0 Å². The minimum atomic E-state index is -0.521. The van der Waals surface area contributed by atoms with E-state index < -0.39 is 5.60 Å². The highest BCUT2D eigenvalue weighted by atomic mass is 16.5. The molecular formula is C21H28N2O3. The average molecular weight is 356 g/mol. The van der Waals surface area contributed by atoms with Crippen LogP contribution in [0.2, 0.25) is 0 Å². The van der Waals surface area contributed by atoms with Crippen LogP contribution in [0, 0.1) is 5.92 Å². The second-order valence-corrected chi connectivity index (χ2v) is 8.03. The number of fused-ring (bicyclic) bond motifs is 1. The molecule has 5 heteroatoms. The topological polar surface area (TPSA) is 49.9 Å². The van der Waals surface area contributed by atoms with Gasteiger partial charge in [0.2, 0.25) is 5.91 Å². The van der Waals surface area contributed by atoms with E-state index in [0.717, 1.165) is 38.9 Å². The first kappa shape index (κ1) is 17.5. The molecule has 0 saturated carbocycles. The summed E-state index contributed by atoms with van der Waals surface area (Å²) in [5.74, 6) is 1.53. The maximum absolute atomic E-state index is 12.8. The number of ether oxygens (including phenoxy) is 1. The van der Waals surface area contributed by atoms with E-state index >= 15 is 0 Å². The number of hydrogen-bond donors (Lipinski definition) is 0. The number of likely N-dealkylation sites (tertiary alicyclic amines) is 2. The lowest BCUT2D eigenvalue weighted by molar-refractivity contribution is -0.132. The van der Waals surface area contributed by atoms with Crippen LogP contribution in [-0.4, -0.2) is 59.8 Å². The van der Waals surface area contributed by atoms with Gasteiger partial charge in [-0.15, -0.1) is 0 Å². The van der Waals surface area contributed by atoms with Gasteiger partial charge in [0.1, 0.15) is 11.4 Å². The van der Waals surface area contributed by atoms with Crippen molar-refractivity contribution >= 4 is 11.7 Å². The predicted octanol–water partition coefficient (Wildman–Crippen LogP) is 2.74. The van der Waals surface area contributed by atoms with Crippen LogP contribution in [0.3, 0.4) is 0 Å². The van der Waals surface area contributed by atoms with Gasteiger partial charge in [0, 0.05) is 19.4 Å². The molecule has 4 rings (SSSR count). The van der Waals surface area contributed by atoms with Crippen LogP contribution in [0.15, 0.2) is 24.3 Å². The summed E-state index contributed by atoms with van der Waals surface area (Å²) in [5, 5.41) is 0. The van der Waals surface area contributed by atoms with Gasteiger partial charge in [-0.1, -0.05) is 19.1 Å². The summed E-state index contributed by atoms with van der Waals surface area (Å²) in [5.41, 5.74) is 0.151. The number of hydrogen-bond acceptors (Lipinski definition) is 4. The largest absolute Gasteiger partial charge is 0.484 e. The number of rotatable bonds is 3.